The van der Waals surface area contributed by atoms with Crippen molar-refractivity contribution in [1.29, 1.82) is 0 Å². The zero-order chi connectivity index (χ0) is 22.2. The van der Waals surface area contributed by atoms with Crippen LogP contribution in [0.5, 0.6) is 23.0 Å². The highest BCUT2D eigenvalue weighted by Crippen LogP contribution is 2.43. The van der Waals surface area contributed by atoms with Crippen molar-refractivity contribution in [2.75, 3.05) is 48.3 Å². The van der Waals surface area contributed by atoms with Crippen LogP contribution in [0.1, 0.15) is 17.2 Å². The second kappa shape index (κ2) is 10.9. The van der Waals surface area contributed by atoms with Gasteiger partial charge in [0.05, 0.1) is 47.8 Å². The maximum atomic E-state index is 6.26. The molecule has 0 radical (unpaired) electrons. The fourth-order valence-electron chi connectivity index (χ4n) is 4.09. The largest absolute Gasteiger partial charge is 0.493 e. The molecule has 3 unspecified atom stereocenters. The predicted octanol–water partition coefficient (Wildman–Crippen LogP) is 3.92. The normalized spacial score (nSPS) is 20.2. The van der Waals surface area contributed by atoms with Crippen molar-refractivity contribution in [3.05, 3.63) is 47.5 Å². The summed E-state index contributed by atoms with van der Waals surface area (Å²) in [5, 5.41) is 0. The van der Waals surface area contributed by atoms with Gasteiger partial charge < -0.3 is 28.4 Å². The quantitative estimate of drug-likeness (QED) is 0.424. The molecule has 1 fully saturated rings. The summed E-state index contributed by atoms with van der Waals surface area (Å²) >= 11 is 0. The molecule has 2 aromatic carbocycles. The van der Waals surface area contributed by atoms with E-state index in [0.29, 0.717) is 30.5 Å². The first-order valence-electron chi connectivity index (χ1n) is 10.2. The number of hydrogen-bond donors (Lipinski definition) is 0. The minimum absolute atomic E-state index is 0.122. The fraction of sp³-hybridized carbons (Fsp3) is 0.440. The Hall–Kier alpha value is -2.88. The van der Waals surface area contributed by atoms with Crippen LogP contribution < -0.4 is 18.9 Å². The predicted molar refractivity (Wildman–Crippen MR) is 118 cm³/mol. The topological polar surface area (TPSA) is 55.4 Å². The molecule has 3 rings (SSSR count). The van der Waals surface area contributed by atoms with E-state index in [-0.39, 0.29) is 24.5 Å². The summed E-state index contributed by atoms with van der Waals surface area (Å²) < 4.78 is 33.7. The Morgan fingerprint density at radius 2 is 1.55 bits per heavy atom. The minimum Gasteiger partial charge on any atom is -0.493 e. The van der Waals surface area contributed by atoms with Crippen molar-refractivity contribution in [1.82, 2.24) is 0 Å². The van der Waals surface area contributed by atoms with E-state index in [9.17, 15) is 0 Å². The summed E-state index contributed by atoms with van der Waals surface area (Å²) in [5.41, 5.74) is 2.18. The summed E-state index contributed by atoms with van der Waals surface area (Å²) in [4.78, 5) is 0. The molecule has 0 aliphatic carbocycles. The van der Waals surface area contributed by atoms with Crippen LogP contribution in [0.3, 0.4) is 0 Å². The molecule has 0 saturated carbocycles. The maximum absolute atomic E-state index is 6.26. The van der Waals surface area contributed by atoms with Gasteiger partial charge in [-0.25, -0.2) is 0 Å². The van der Waals surface area contributed by atoms with Gasteiger partial charge in [-0.15, -0.1) is 6.42 Å². The second-order valence-corrected chi connectivity index (χ2v) is 7.41. The summed E-state index contributed by atoms with van der Waals surface area (Å²) in [5.74, 6) is 5.73. The van der Waals surface area contributed by atoms with Gasteiger partial charge in [0.1, 0.15) is 6.61 Å². The molecule has 0 spiro atoms. The molecular formula is C25H30O6. The molecule has 1 aliphatic heterocycles. The number of benzene rings is 2. The van der Waals surface area contributed by atoms with Crippen LogP contribution in [-0.2, 0) is 15.9 Å². The van der Waals surface area contributed by atoms with Gasteiger partial charge in [0.2, 0.25) is 0 Å². The smallest absolute Gasteiger partial charge is 0.161 e. The third-order valence-electron chi connectivity index (χ3n) is 5.66. The van der Waals surface area contributed by atoms with E-state index in [1.807, 2.05) is 30.3 Å². The zero-order valence-electron chi connectivity index (χ0n) is 18.6. The second-order valence-electron chi connectivity index (χ2n) is 7.41. The standard InChI is InChI=1S/C25H30O6/c1-6-11-30-16-20-19(12-17-7-9-21(26-2)23(13-17)28-4)15-31-25(20)18-8-10-22(27-3)24(14-18)29-5/h1,7-10,13-14,19-20,25H,11-12,15-16H2,2-5H3. The minimum atomic E-state index is -0.122. The van der Waals surface area contributed by atoms with Crippen molar-refractivity contribution >= 4 is 0 Å². The van der Waals surface area contributed by atoms with Gasteiger partial charge in [-0.1, -0.05) is 18.1 Å². The molecular weight excluding hydrogens is 396 g/mol. The van der Waals surface area contributed by atoms with Crippen molar-refractivity contribution in [2.24, 2.45) is 11.8 Å². The Kier molecular flexibility index (Phi) is 8.05. The first-order chi connectivity index (χ1) is 15.1. The van der Waals surface area contributed by atoms with E-state index < -0.39 is 0 Å². The Labute approximate surface area is 184 Å². The summed E-state index contributed by atoms with van der Waals surface area (Å²) in [6, 6.07) is 11.9. The molecule has 2 aromatic rings. The number of ether oxygens (including phenoxy) is 6. The molecule has 1 aliphatic rings. The van der Waals surface area contributed by atoms with E-state index in [0.717, 1.165) is 23.3 Å². The molecule has 0 aromatic heterocycles. The first-order valence-corrected chi connectivity index (χ1v) is 10.2. The summed E-state index contributed by atoms with van der Waals surface area (Å²) in [6.45, 7) is 1.41. The molecule has 0 N–H and O–H groups in total. The Morgan fingerprint density at radius 3 is 2.19 bits per heavy atom. The van der Waals surface area contributed by atoms with Gasteiger partial charge in [-0.2, -0.15) is 0 Å². The highest BCUT2D eigenvalue weighted by atomic mass is 16.5. The van der Waals surface area contributed by atoms with Crippen molar-refractivity contribution in [3.8, 4) is 35.3 Å². The molecule has 3 atom stereocenters. The fourth-order valence-corrected chi connectivity index (χ4v) is 4.09. The summed E-state index contributed by atoms with van der Waals surface area (Å²) in [6.07, 6.45) is 6.09. The van der Waals surface area contributed by atoms with Crippen molar-refractivity contribution in [2.45, 2.75) is 12.5 Å². The first kappa shape index (κ1) is 22.8. The third kappa shape index (κ3) is 5.25. The lowest BCUT2D eigenvalue weighted by Crippen LogP contribution is -2.23. The van der Waals surface area contributed by atoms with E-state index in [2.05, 4.69) is 12.0 Å². The molecule has 1 heterocycles. The van der Waals surface area contributed by atoms with Crippen LogP contribution in [-0.4, -0.2) is 48.3 Å². The molecule has 31 heavy (non-hydrogen) atoms. The lowest BCUT2D eigenvalue weighted by Gasteiger charge is -2.24. The van der Waals surface area contributed by atoms with Gasteiger partial charge in [0.25, 0.3) is 0 Å². The van der Waals surface area contributed by atoms with E-state index >= 15 is 0 Å². The molecule has 0 amide bonds. The SMILES string of the molecule is C#CCOCC1C(Cc2ccc(OC)c(OC)c2)COC1c1ccc(OC)c(OC)c1. The lowest BCUT2D eigenvalue weighted by atomic mass is 9.84. The van der Waals surface area contributed by atoms with Crippen LogP contribution >= 0.6 is 0 Å². The van der Waals surface area contributed by atoms with Crippen LogP contribution in [0, 0.1) is 24.2 Å². The molecule has 6 heteroatoms. The average molecular weight is 427 g/mol. The highest BCUT2D eigenvalue weighted by molar-refractivity contribution is 5.44. The number of hydrogen-bond acceptors (Lipinski definition) is 6. The van der Waals surface area contributed by atoms with Gasteiger partial charge in [-0.05, 0) is 47.7 Å². The van der Waals surface area contributed by atoms with Crippen LogP contribution in [0.15, 0.2) is 36.4 Å². The number of methoxy groups -OCH3 is 4. The van der Waals surface area contributed by atoms with Crippen molar-refractivity contribution < 1.29 is 28.4 Å². The van der Waals surface area contributed by atoms with Crippen LogP contribution in [0.4, 0.5) is 0 Å². The Bertz CT molecular complexity index is 903. The molecule has 0 bridgehead atoms. The number of rotatable bonds is 10. The monoisotopic (exact) mass is 426 g/mol. The molecule has 1 saturated heterocycles. The van der Waals surface area contributed by atoms with Crippen LogP contribution in [0.25, 0.3) is 0 Å². The number of terminal acetylenes is 1. The van der Waals surface area contributed by atoms with Crippen LogP contribution in [0.2, 0.25) is 0 Å². The van der Waals surface area contributed by atoms with Gasteiger partial charge in [-0.3, -0.25) is 0 Å². The third-order valence-corrected chi connectivity index (χ3v) is 5.66. The Morgan fingerprint density at radius 1 is 0.903 bits per heavy atom. The van der Waals surface area contributed by atoms with E-state index in [1.54, 1.807) is 28.4 Å². The highest BCUT2D eigenvalue weighted by Gasteiger charge is 2.38. The van der Waals surface area contributed by atoms with Gasteiger partial charge in [0, 0.05) is 5.92 Å². The molecule has 166 valence electrons. The molecule has 6 nitrogen and oxygen atoms in total. The van der Waals surface area contributed by atoms with Gasteiger partial charge >= 0.3 is 0 Å². The van der Waals surface area contributed by atoms with E-state index in [4.69, 9.17) is 34.8 Å². The maximum Gasteiger partial charge on any atom is 0.161 e. The Balaban J connectivity index is 1.83. The lowest BCUT2D eigenvalue weighted by molar-refractivity contribution is 0.0503. The van der Waals surface area contributed by atoms with Gasteiger partial charge in [0.15, 0.2) is 23.0 Å². The van der Waals surface area contributed by atoms with Crippen molar-refractivity contribution in [3.63, 3.8) is 0 Å². The van der Waals surface area contributed by atoms with E-state index in [1.165, 1.54) is 0 Å². The average Bonchev–Trinajstić information content (AvgIpc) is 3.20. The zero-order valence-corrected chi connectivity index (χ0v) is 18.6. The summed E-state index contributed by atoms with van der Waals surface area (Å²) in [7, 11) is 6.53.